The number of hydrogen-bond donors (Lipinski definition) is 3. The van der Waals surface area contributed by atoms with Crippen molar-refractivity contribution in [2.24, 2.45) is 5.92 Å². The predicted octanol–water partition coefficient (Wildman–Crippen LogP) is 4.01. The van der Waals surface area contributed by atoms with Crippen LogP contribution >= 0.6 is 11.6 Å². The van der Waals surface area contributed by atoms with Gasteiger partial charge in [0, 0.05) is 36.2 Å². The second kappa shape index (κ2) is 8.54. The third kappa shape index (κ3) is 4.48. The molecule has 1 saturated carbocycles. The molecule has 3 N–H and O–H groups in total. The van der Waals surface area contributed by atoms with Crippen LogP contribution in [-0.2, 0) is 15.1 Å². The molecule has 0 bridgehead atoms. The zero-order valence-electron chi connectivity index (χ0n) is 18.4. The van der Waals surface area contributed by atoms with E-state index in [1.807, 2.05) is 26.0 Å². The van der Waals surface area contributed by atoms with Gasteiger partial charge in [-0.25, -0.2) is 4.98 Å². The van der Waals surface area contributed by atoms with Crippen molar-refractivity contribution < 1.29 is 14.4 Å². The summed E-state index contributed by atoms with van der Waals surface area (Å²) >= 11 is 6.44. The van der Waals surface area contributed by atoms with E-state index in [9.17, 15) is 14.4 Å². The van der Waals surface area contributed by atoms with Crippen molar-refractivity contribution in [2.75, 3.05) is 5.32 Å². The van der Waals surface area contributed by atoms with Gasteiger partial charge in [0.05, 0.1) is 10.6 Å². The first-order valence-corrected chi connectivity index (χ1v) is 11.2. The van der Waals surface area contributed by atoms with Crippen molar-refractivity contribution in [3.63, 3.8) is 0 Å². The van der Waals surface area contributed by atoms with Gasteiger partial charge in [-0.15, -0.1) is 0 Å². The molecule has 1 aliphatic heterocycles. The number of nitrogens with zero attached hydrogens (tertiary/aromatic N) is 1. The molecule has 2 aromatic rings. The van der Waals surface area contributed by atoms with E-state index in [4.69, 9.17) is 11.6 Å². The molecule has 1 aromatic heterocycles. The Morgan fingerprint density at radius 2 is 1.97 bits per heavy atom. The molecule has 4 rings (SSSR count). The molecule has 0 unspecified atom stereocenters. The van der Waals surface area contributed by atoms with Gasteiger partial charge in [0.15, 0.2) is 0 Å². The van der Waals surface area contributed by atoms with Crippen molar-refractivity contribution in [1.29, 1.82) is 0 Å². The molecule has 7 nitrogen and oxygen atoms in total. The number of nitrogens with one attached hydrogen (secondary N) is 3. The third-order valence-electron chi connectivity index (χ3n) is 6.23. The van der Waals surface area contributed by atoms with E-state index < -0.39 is 5.54 Å². The normalized spacial score (nSPS) is 21.4. The fourth-order valence-corrected chi connectivity index (χ4v) is 4.86. The lowest BCUT2D eigenvalue weighted by Crippen LogP contribution is -2.40. The highest BCUT2D eigenvalue weighted by Gasteiger charge is 2.35. The molecular weight excluding hydrogens is 428 g/mol. The van der Waals surface area contributed by atoms with Crippen LogP contribution in [0.15, 0.2) is 30.5 Å². The highest BCUT2D eigenvalue weighted by Crippen LogP contribution is 2.36. The molecule has 0 radical (unpaired) electrons. The number of carbonyl (C=O) groups excluding carboxylic acids is 3. The van der Waals surface area contributed by atoms with Gasteiger partial charge >= 0.3 is 0 Å². The van der Waals surface area contributed by atoms with Crippen LogP contribution in [0.3, 0.4) is 0 Å². The maximum atomic E-state index is 12.9. The summed E-state index contributed by atoms with van der Waals surface area (Å²) in [5.41, 5.74) is 2.67. The van der Waals surface area contributed by atoms with Crippen molar-refractivity contribution >= 4 is 35.1 Å². The number of rotatable bonds is 4. The Labute approximate surface area is 192 Å². The third-order valence-corrected chi connectivity index (χ3v) is 6.53. The summed E-state index contributed by atoms with van der Waals surface area (Å²) in [6.45, 7) is 5.41. The number of aromatic nitrogens is 1. The van der Waals surface area contributed by atoms with Gasteiger partial charge in [0.25, 0.3) is 5.91 Å². The molecule has 32 heavy (non-hydrogen) atoms. The molecule has 8 heteroatoms. The fourth-order valence-electron chi connectivity index (χ4n) is 4.65. The lowest BCUT2D eigenvalue weighted by atomic mass is 9.85. The highest BCUT2D eigenvalue weighted by atomic mass is 35.5. The van der Waals surface area contributed by atoms with E-state index in [-0.39, 0.29) is 29.7 Å². The van der Waals surface area contributed by atoms with Crippen LogP contribution in [0.5, 0.6) is 0 Å². The van der Waals surface area contributed by atoms with Gasteiger partial charge in [-0.3, -0.25) is 14.4 Å². The zero-order chi connectivity index (χ0) is 23.0. The van der Waals surface area contributed by atoms with E-state index in [2.05, 4.69) is 20.9 Å². The Morgan fingerprint density at radius 1 is 1.19 bits per heavy atom. The Hall–Kier alpha value is -2.93. The van der Waals surface area contributed by atoms with Crippen molar-refractivity contribution in [3.8, 4) is 11.1 Å². The number of pyridine rings is 1. The minimum absolute atomic E-state index is 0.0248. The molecule has 1 aliphatic carbocycles. The molecule has 2 atom stereocenters. The van der Waals surface area contributed by atoms with Crippen LogP contribution in [0.1, 0.15) is 62.4 Å². The van der Waals surface area contributed by atoms with E-state index >= 15 is 0 Å². The molecule has 1 fully saturated rings. The fraction of sp³-hybridized carbons (Fsp3) is 0.417. The predicted molar refractivity (Wildman–Crippen MR) is 123 cm³/mol. The van der Waals surface area contributed by atoms with Crippen LogP contribution in [0.25, 0.3) is 11.1 Å². The molecule has 0 spiro atoms. The van der Waals surface area contributed by atoms with E-state index in [1.165, 1.54) is 13.1 Å². The van der Waals surface area contributed by atoms with Gasteiger partial charge in [-0.2, -0.15) is 0 Å². The summed E-state index contributed by atoms with van der Waals surface area (Å²) in [5.74, 6) is -0.0278. The molecule has 2 heterocycles. The first-order chi connectivity index (χ1) is 15.1. The van der Waals surface area contributed by atoms with Gasteiger partial charge in [-0.05, 0) is 62.4 Å². The summed E-state index contributed by atoms with van der Waals surface area (Å²) in [6, 6.07) is 7.39. The Morgan fingerprint density at radius 3 is 2.72 bits per heavy atom. The minimum Gasteiger partial charge on any atom is -0.354 e. The van der Waals surface area contributed by atoms with E-state index in [0.717, 1.165) is 36.0 Å². The van der Waals surface area contributed by atoms with E-state index in [0.29, 0.717) is 22.8 Å². The Balaban J connectivity index is 1.54. The monoisotopic (exact) mass is 454 g/mol. The van der Waals surface area contributed by atoms with Crippen molar-refractivity contribution in [3.05, 3.63) is 46.6 Å². The van der Waals surface area contributed by atoms with Crippen molar-refractivity contribution in [2.45, 2.75) is 58.0 Å². The SMILES string of the molecule is CC(=O)N[C@@H]1CCC[C@H](C(=O)Nc2cc(-c3ccc4c(c3)C(C)(C)NC4=O)c(Cl)cn2)C1. The van der Waals surface area contributed by atoms with Crippen LogP contribution in [-0.4, -0.2) is 28.7 Å². The number of anilines is 1. The Kier molecular flexibility index (Phi) is 5.95. The van der Waals surface area contributed by atoms with Crippen LogP contribution in [0, 0.1) is 5.92 Å². The maximum Gasteiger partial charge on any atom is 0.252 e. The van der Waals surface area contributed by atoms with Crippen LogP contribution < -0.4 is 16.0 Å². The number of hydrogen-bond acceptors (Lipinski definition) is 4. The van der Waals surface area contributed by atoms with Crippen LogP contribution in [0.4, 0.5) is 5.82 Å². The Bertz CT molecular complexity index is 1100. The number of benzene rings is 1. The highest BCUT2D eigenvalue weighted by molar-refractivity contribution is 6.33. The molecular formula is C24H27ClN4O3. The van der Waals surface area contributed by atoms with Gasteiger partial charge in [0.2, 0.25) is 11.8 Å². The first kappa shape index (κ1) is 22.3. The topological polar surface area (TPSA) is 100 Å². The smallest absolute Gasteiger partial charge is 0.252 e. The first-order valence-electron chi connectivity index (χ1n) is 10.8. The molecule has 3 amide bonds. The summed E-state index contributed by atoms with van der Waals surface area (Å²) in [5, 5.41) is 9.26. The van der Waals surface area contributed by atoms with Gasteiger partial charge in [0.1, 0.15) is 5.82 Å². The standard InChI is InChI=1S/C24H27ClN4O3/c1-13(30)27-16-6-4-5-15(9-16)22(31)28-21-11-18(20(25)12-26-21)14-7-8-17-19(10-14)24(2,3)29-23(17)32/h7-8,10-12,15-16H,4-6,9H2,1-3H3,(H,27,30)(H,29,32)(H,26,28,31)/t15-,16+/m0/s1. The second-order valence-corrected chi connectivity index (χ2v) is 9.55. The summed E-state index contributed by atoms with van der Waals surface area (Å²) in [6.07, 6.45) is 4.70. The molecule has 0 saturated heterocycles. The minimum atomic E-state index is -0.468. The number of halogens is 1. The molecule has 168 valence electrons. The number of fused-ring (bicyclic) bond motifs is 1. The average Bonchev–Trinajstić information content (AvgIpc) is 2.97. The molecule has 2 aliphatic rings. The summed E-state index contributed by atoms with van der Waals surface area (Å²) in [4.78, 5) is 40.7. The zero-order valence-corrected chi connectivity index (χ0v) is 19.2. The number of carbonyl (C=O) groups is 3. The second-order valence-electron chi connectivity index (χ2n) is 9.14. The lowest BCUT2D eigenvalue weighted by molar-refractivity contribution is -0.123. The van der Waals surface area contributed by atoms with E-state index in [1.54, 1.807) is 12.1 Å². The summed E-state index contributed by atoms with van der Waals surface area (Å²) in [7, 11) is 0. The average molecular weight is 455 g/mol. The van der Waals surface area contributed by atoms with Gasteiger partial charge < -0.3 is 16.0 Å². The maximum absolute atomic E-state index is 12.9. The van der Waals surface area contributed by atoms with Gasteiger partial charge in [-0.1, -0.05) is 24.1 Å². The van der Waals surface area contributed by atoms with Crippen LogP contribution in [0.2, 0.25) is 5.02 Å². The molecule has 1 aromatic carbocycles. The van der Waals surface area contributed by atoms with Crippen molar-refractivity contribution in [1.82, 2.24) is 15.6 Å². The number of amides is 3. The summed E-state index contributed by atoms with van der Waals surface area (Å²) < 4.78 is 0. The quantitative estimate of drug-likeness (QED) is 0.649. The lowest BCUT2D eigenvalue weighted by Gasteiger charge is -2.28. The largest absolute Gasteiger partial charge is 0.354 e.